The van der Waals surface area contributed by atoms with Crippen LogP contribution in [0.5, 0.6) is 0 Å². The minimum atomic E-state index is -0.323. The highest BCUT2D eigenvalue weighted by molar-refractivity contribution is 7.08. The lowest BCUT2D eigenvalue weighted by atomic mass is 9.93. The maximum atomic E-state index is 12.8. The van der Waals surface area contributed by atoms with Gasteiger partial charge in [0.15, 0.2) is 0 Å². The van der Waals surface area contributed by atoms with Gasteiger partial charge in [-0.2, -0.15) is 11.3 Å². The monoisotopic (exact) mass is 262 g/mol. The predicted molar refractivity (Wildman–Crippen MR) is 73.2 cm³/mol. The van der Waals surface area contributed by atoms with Crippen molar-refractivity contribution in [3.63, 3.8) is 0 Å². The molecule has 18 heavy (non-hydrogen) atoms. The standard InChI is InChI=1S/C14H18N2OS/c15-9-12-8-14(12,11-4-7-18-10-11)13(17)16-5-2-1-3-6-16/h2,4-5,7,10,12H,1,3,6,8-9,15H2/t12-,14+/m0/s1. The van der Waals surface area contributed by atoms with E-state index in [4.69, 9.17) is 5.73 Å². The van der Waals surface area contributed by atoms with Gasteiger partial charge in [-0.25, -0.2) is 0 Å². The van der Waals surface area contributed by atoms with Crippen LogP contribution in [0.4, 0.5) is 0 Å². The number of nitrogens with zero attached hydrogens (tertiary/aromatic N) is 1. The first kappa shape index (κ1) is 11.9. The first-order chi connectivity index (χ1) is 8.79. The Morgan fingerprint density at radius 3 is 3.06 bits per heavy atom. The summed E-state index contributed by atoms with van der Waals surface area (Å²) in [4.78, 5) is 14.7. The zero-order valence-corrected chi connectivity index (χ0v) is 11.2. The Morgan fingerprint density at radius 2 is 2.50 bits per heavy atom. The molecular formula is C14H18N2OS. The molecule has 1 amide bonds. The average Bonchev–Trinajstić information content (AvgIpc) is 2.91. The number of carbonyl (C=O) groups is 1. The van der Waals surface area contributed by atoms with Gasteiger partial charge in [0.2, 0.25) is 5.91 Å². The number of thiophene rings is 1. The van der Waals surface area contributed by atoms with Gasteiger partial charge < -0.3 is 10.6 Å². The molecule has 2 atom stereocenters. The van der Waals surface area contributed by atoms with Crippen LogP contribution in [-0.4, -0.2) is 23.9 Å². The van der Waals surface area contributed by atoms with Crippen molar-refractivity contribution in [3.8, 4) is 0 Å². The van der Waals surface area contributed by atoms with Crippen molar-refractivity contribution in [2.75, 3.05) is 13.1 Å². The Kier molecular flexibility index (Phi) is 2.99. The van der Waals surface area contributed by atoms with E-state index in [9.17, 15) is 4.79 Å². The van der Waals surface area contributed by atoms with E-state index in [0.717, 1.165) is 31.4 Å². The lowest BCUT2D eigenvalue weighted by Crippen LogP contribution is -2.39. The Labute approximate surface area is 111 Å². The number of amides is 1. The Balaban J connectivity index is 1.89. The van der Waals surface area contributed by atoms with Crippen molar-refractivity contribution < 1.29 is 4.79 Å². The van der Waals surface area contributed by atoms with E-state index >= 15 is 0 Å². The van der Waals surface area contributed by atoms with Crippen molar-refractivity contribution in [1.82, 2.24) is 4.90 Å². The van der Waals surface area contributed by atoms with Crippen LogP contribution in [0, 0.1) is 5.92 Å². The fourth-order valence-electron chi connectivity index (χ4n) is 2.95. The molecule has 96 valence electrons. The van der Waals surface area contributed by atoms with Gasteiger partial charge in [-0.3, -0.25) is 4.79 Å². The zero-order chi connectivity index (χ0) is 12.6. The summed E-state index contributed by atoms with van der Waals surface area (Å²) in [6.07, 6.45) is 7.09. The number of rotatable bonds is 3. The smallest absolute Gasteiger partial charge is 0.237 e. The first-order valence-corrected chi connectivity index (χ1v) is 7.44. The normalized spacial score (nSPS) is 30.5. The Morgan fingerprint density at radius 1 is 1.61 bits per heavy atom. The summed E-state index contributed by atoms with van der Waals surface area (Å²) in [7, 11) is 0. The lowest BCUT2D eigenvalue weighted by Gasteiger charge is -2.27. The summed E-state index contributed by atoms with van der Waals surface area (Å²) >= 11 is 1.65. The summed E-state index contributed by atoms with van der Waals surface area (Å²) in [5.74, 6) is 0.558. The van der Waals surface area contributed by atoms with Crippen LogP contribution in [0.15, 0.2) is 29.1 Å². The molecular weight excluding hydrogens is 244 g/mol. The van der Waals surface area contributed by atoms with Gasteiger partial charge in [0.1, 0.15) is 0 Å². The molecule has 1 fully saturated rings. The predicted octanol–water partition coefficient (Wildman–Crippen LogP) is 2.10. The van der Waals surface area contributed by atoms with Crippen LogP contribution >= 0.6 is 11.3 Å². The van der Waals surface area contributed by atoms with E-state index in [1.165, 1.54) is 0 Å². The van der Waals surface area contributed by atoms with E-state index in [1.54, 1.807) is 11.3 Å². The van der Waals surface area contributed by atoms with Crippen LogP contribution in [0.3, 0.4) is 0 Å². The third-order valence-corrected chi connectivity index (χ3v) is 4.81. The minimum absolute atomic E-state index is 0.243. The summed E-state index contributed by atoms with van der Waals surface area (Å²) in [5, 5.41) is 4.14. The van der Waals surface area contributed by atoms with Crippen LogP contribution in [0.25, 0.3) is 0 Å². The van der Waals surface area contributed by atoms with E-state index in [1.807, 2.05) is 16.5 Å². The van der Waals surface area contributed by atoms with E-state index in [2.05, 4.69) is 17.5 Å². The first-order valence-electron chi connectivity index (χ1n) is 6.49. The molecule has 2 N–H and O–H groups in total. The highest BCUT2D eigenvalue weighted by Gasteiger charge is 2.61. The topological polar surface area (TPSA) is 46.3 Å². The second-order valence-electron chi connectivity index (χ2n) is 5.15. The molecule has 0 spiro atoms. The maximum Gasteiger partial charge on any atom is 0.237 e. The molecule has 0 saturated heterocycles. The van der Waals surface area contributed by atoms with Crippen LogP contribution < -0.4 is 5.73 Å². The fraction of sp³-hybridized carbons (Fsp3) is 0.500. The van der Waals surface area contributed by atoms with Gasteiger partial charge in [-0.1, -0.05) is 6.08 Å². The molecule has 4 heteroatoms. The molecule has 0 aromatic carbocycles. The summed E-state index contributed by atoms with van der Waals surface area (Å²) in [6, 6.07) is 2.08. The van der Waals surface area contributed by atoms with Crippen molar-refractivity contribution in [2.24, 2.45) is 11.7 Å². The van der Waals surface area contributed by atoms with Crippen LogP contribution in [0.2, 0.25) is 0 Å². The molecule has 1 aromatic rings. The van der Waals surface area contributed by atoms with Crippen molar-refractivity contribution in [1.29, 1.82) is 0 Å². The number of hydrogen-bond acceptors (Lipinski definition) is 3. The van der Waals surface area contributed by atoms with Gasteiger partial charge in [0.05, 0.1) is 5.41 Å². The summed E-state index contributed by atoms with van der Waals surface area (Å²) < 4.78 is 0. The third-order valence-electron chi connectivity index (χ3n) is 4.12. The van der Waals surface area contributed by atoms with Crippen LogP contribution in [-0.2, 0) is 10.2 Å². The van der Waals surface area contributed by atoms with Crippen LogP contribution in [0.1, 0.15) is 24.8 Å². The minimum Gasteiger partial charge on any atom is -0.330 e. The number of carbonyl (C=O) groups excluding carboxylic acids is 1. The molecule has 1 aliphatic heterocycles. The van der Waals surface area contributed by atoms with E-state index in [0.29, 0.717) is 12.5 Å². The molecule has 1 saturated carbocycles. The van der Waals surface area contributed by atoms with Gasteiger partial charge in [0.25, 0.3) is 0 Å². The highest BCUT2D eigenvalue weighted by Crippen LogP contribution is 2.55. The molecule has 3 rings (SSSR count). The molecule has 0 unspecified atom stereocenters. The Hall–Kier alpha value is -1.13. The molecule has 2 heterocycles. The second kappa shape index (κ2) is 4.52. The molecule has 0 radical (unpaired) electrons. The van der Waals surface area contributed by atoms with E-state index in [-0.39, 0.29) is 11.3 Å². The Bertz CT molecular complexity index is 468. The molecule has 2 aliphatic rings. The van der Waals surface area contributed by atoms with Crippen molar-refractivity contribution >= 4 is 17.2 Å². The largest absolute Gasteiger partial charge is 0.330 e. The fourth-order valence-corrected chi connectivity index (χ4v) is 3.69. The molecule has 1 aliphatic carbocycles. The van der Waals surface area contributed by atoms with Gasteiger partial charge in [-0.05, 0) is 54.1 Å². The van der Waals surface area contributed by atoms with E-state index < -0.39 is 0 Å². The van der Waals surface area contributed by atoms with Crippen molar-refractivity contribution in [2.45, 2.75) is 24.7 Å². The van der Waals surface area contributed by atoms with Gasteiger partial charge in [-0.15, -0.1) is 0 Å². The quantitative estimate of drug-likeness (QED) is 0.906. The third kappa shape index (κ3) is 1.71. The molecule has 3 nitrogen and oxygen atoms in total. The second-order valence-corrected chi connectivity index (χ2v) is 5.93. The van der Waals surface area contributed by atoms with Gasteiger partial charge >= 0.3 is 0 Å². The summed E-state index contributed by atoms with van der Waals surface area (Å²) in [5.41, 5.74) is 6.63. The van der Waals surface area contributed by atoms with Crippen molar-refractivity contribution in [3.05, 3.63) is 34.7 Å². The maximum absolute atomic E-state index is 12.8. The number of nitrogens with two attached hydrogens (primary N) is 1. The zero-order valence-electron chi connectivity index (χ0n) is 10.3. The average molecular weight is 262 g/mol. The number of allylic oxidation sites excluding steroid dienone is 1. The SMILES string of the molecule is NC[C@@H]1C[C@@]1(C(=O)N1C=CCCC1)c1ccsc1. The van der Waals surface area contributed by atoms with Gasteiger partial charge in [0, 0.05) is 12.7 Å². The molecule has 0 bridgehead atoms. The lowest BCUT2D eigenvalue weighted by molar-refractivity contribution is -0.132. The summed E-state index contributed by atoms with van der Waals surface area (Å²) in [6.45, 7) is 1.44. The molecule has 1 aromatic heterocycles. The highest BCUT2D eigenvalue weighted by atomic mass is 32.1. The number of hydrogen-bond donors (Lipinski definition) is 1.